The van der Waals surface area contributed by atoms with E-state index in [2.05, 4.69) is 63.4 Å². The molecule has 4 rings (SSSR count). The largest absolute Gasteiger partial charge is 0.334 e. The summed E-state index contributed by atoms with van der Waals surface area (Å²) >= 11 is 0. The van der Waals surface area contributed by atoms with Crippen LogP contribution in [0.3, 0.4) is 0 Å². The zero-order valence-electron chi connectivity index (χ0n) is 15.0. The molecule has 130 valence electrons. The first-order valence-corrected chi connectivity index (χ1v) is 9.02. The monoisotopic (exact) mass is 335 g/mol. The molecule has 1 fully saturated rings. The molecule has 1 aliphatic heterocycles. The summed E-state index contributed by atoms with van der Waals surface area (Å²) < 4.78 is 4.32. The molecule has 5 heteroatoms. The Kier molecular flexibility index (Phi) is 4.40. The lowest BCUT2D eigenvalue weighted by Crippen LogP contribution is -2.34. The van der Waals surface area contributed by atoms with Crippen molar-refractivity contribution < 1.29 is 0 Å². The highest BCUT2D eigenvalue weighted by atomic mass is 15.3. The fourth-order valence-electron chi connectivity index (χ4n) is 3.81. The maximum Gasteiger partial charge on any atom is 0.0948 e. The minimum absolute atomic E-state index is 0.591. The van der Waals surface area contributed by atoms with Gasteiger partial charge in [0.1, 0.15) is 0 Å². The molecule has 3 heterocycles. The predicted molar refractivity (Wildman–Crippen MR) is 98.8 cm³/mol. The Morgan fingerprint density at radius 2 is 1.84 bits per heavy atom. The maximum atomic E-state index is 4.78. The molecular weight excluding hydrogens is 310 g/mol. The summed E-state index contributed by atoms with van der Waals surface area (Å²) in [5.41, 5.74) is 4.89. The van der Waals surface area contributed by atoms with Gasteiger partial charge in [-0.3, -0.25) is 4.90 Å². The van der Waals surface area contributed by atoms with Gasteiger partial charge < -0.3 is 4.57 Å². The van der Waals surface area contributed by atoms with Crippen LogP contribution in [-0.4, -0.2) is 37.3 Å². The number of rotatable bonds is 4. The van der Waals surface area contributed by atoms with Gasteiger partial charge in [0.05, 0.1) is 17.7 Å². The van der Waals surface area contributed by atoms with Gasteiger partial charge in [0.2, 0.25) is 0 Å². The van der Waals surface area contributed by atoms with Crippen LogP contribution in [0.15, 0.2) is 49.1 Å². The second-order valence-electron chi connectivity index (χ2n) is 6.91. The molecule has 1 saturated heterocycles. The number of benzene rings is 1. The number of imidazole rings is 1. The SMILES string of the molecule is Cc1nn(-c2ccccc2)c(C)c1CN1CCC(n2ccnc2)CC1. The smallest absolute Gasteiger partial charge is 0.0948 e. The molecule has 0 unspecified atom stereocenters. The van der Waals surface area contributed by atoms with Crippen molar-refractivity contribution in [1.29, 1.82) is 0 Å². The van der Waals surface area contributed by atoms with Gasteiger partial charge in [0.15, 0.2) is 0 Å². The molecule has 0 radical (unpaired) electrons. The third-order valence-corrected chi connectivity index (χ3v) is 5.33. The normalized spacial score (nSPS) is 16.4. The lowest BCUT2D eigenvalue weighted by atomic mass is 10.0. The van der Waals surface area contributed by atoms with Crippen molar-refractivity contribution in [2.24, 2.45) is 0 Å². The van der Waals surface area contributed by atoms with E-state index in [9.17, 15) is 0 Å². The van der Waals surface area contributed by atoms with Gasteiger partial charge in [-0.15, -0.1) is 0 Å². The summed E-state index contributed by atoms with van der Waals surface area (Å²) in [6.45, 7) is 7.54. The number of aryl methyl sites for hydroxylation is 1. The first-order valence-electron chi connectivity index (χ1n) is 9.02. The molecule has 0 atom stereocenters. The molecule has 0 bridgehead atoms. The molecule has 0 N–H and O–H groups in total. The van der Waals surface area contributed by atoms with Crippen LogP contribution in [0.25, 0.3) is 5.69 Å². The summed E-state index contributed by atoms with van der Waals surface area (Å²) in [4.78, 5) is 6.73. The van der Waals surface area contributed by atoms with Crippen molar-refractivity contribution in [3.63, 3.8) is 0 Å². The fraction of sp³-hybridized carbons (Fsp3) is 0.400. The van der Waals surface area contributed by atoms with Crippen LogP contribution in [0.2, 0.25) is 0 Å². The van der Waals surface area contributed by atoms with Crippen LogP contribution < -0.4 is 0 Å². The number of para-hydroxylation sites is 1. The third kappa shape index (κ3) is 3.24. The summed E-state index contributed by atoms with van der Waals surface area (Å²) in [5, 5.41) is 4.78. The van der Waals surface area contributed by atoms with Gasteiger partial charge in [0.25, 0.3) is 0 Å². The van der Waals surface area contributed by atoms with E-state index in [-0.39, 0.29) is 0 Å². The predicted octanol–water partition coefficient (Wildman–Crippen LogP) is 3.52. The maximum absolute atomic E-state index is 4.78. The highest BCUT2D eigenvalue weighted by molar-refractivity contribution is 5.36. The Hall–Kier alpha value is -2.40. The van der Waals surface area contributed by atoms with Crippen LogP contribution in [0, 0.1) is 13.8 Å². The van der Waals surface area contributed by atoms with Crippen molar-refractivity contribution >= 4 is 0 Å². The molecule has 2 aromatic heterocycles. The average Bonchev–Trinajstić information content (AvgIpc) is 3.27. The summed E-state index contributed by atoms with van der Waals surface area (Å²) in [7, 11) is 0. The van der Waals surface area contributed by atoms with E-state index in [1.165, 1.54) is 24.1 Å². The third-order valence-electron chi connectivity index (χ3n) is 5.33. The van der Waals surface area contributed by atoms with Crippen molar-refractivity contribution in [3.05, 3.63) is 66.0 Å². The molecular formula is C20H25N5. The number of hydrogen-bond acceptors (Lipinski definition) is 3. The van der Waals surface area contributed by atoms with Gasteiger partial charge in [-0.1, -0.05) is 18.2 Å². The quantitative estimate of drug-likeness (QED) is 0.732. The Balaban J connectivity index is 1.46. The van der Waals surface area contributed by atoms with Crippen LogP contribution in [-0.2, 0) is 6.54 Å². The first kappa shape index (κ1) is 16.1. The highest BCUT2D eigenvalue weighted by Gasteiger charge is 2.22. The molecule has 5 nitrogen and oxygen atoms in total. The van der Waals surface area contributed by atoms with E-state index in [0.29, 0.717) is 6.04 Å². The lowest BCUT2D eigenvalue weighted by molar-refractivity contribution is 0.179. The molecule has 0 amide bonds. The second-order valence-corrected chi connectivity index (χ2v) is 6.91. The fourth-order valence-corrected chi connectivity index (χ4v) is 3.81. The van der Waals surface area contributed by atoms with E-state index >= 15 is 0 Å². The Bertz CT molecular complexity index is 811. The van der Waals surface area contributed by atoms with Crippen LogP contribution in [0.5, 0.6) is 0 Å². The van der Waals surface area contributed by atoms with Gasteiger partial charge in [-0.25, -0.2) is 9.67 Å². The van der Waals surface area contributed by atoms with Gasteiger partial charge in [-0.2, -0.15) is 5.10 Å². The minimum atomic E-state index is 0.591. The number of piperidine rings is 1. The Labute approximate surface area is 148 Å². The Morgan fingerprint density at radius 1 is 1.08 bits per heavy atom. The van der Waals surface area contributed by atoms with Crippen molar-refractivity contribution in [2.45, 2.75) is 39.3 Å². The molecule has 25 heavy (non-hydrogen) atoms. The number of aromatic nitrogens is 4. The van der Waals surface area contributed by atoms with E-state index in [4.69, 9.17) is 5.10 Å². The topological polar surface area (TPSA) is 38.9 Å². The van der Waals surface area contributed by atoms with E-state index < -0.39 is 0 Å². The zero-order chi connectivity index (χ0) is 17.2. The standard InChI is InChI=1S/C20H25N5/c1-16-20(17(2)25(22-16)19-6-4-3-5-7-19)14-23-11-8-18(9-12-23)24-13-10-21-15-24/h3-7,10,13,15,18H,8-9,11-12,14H2,1-2H3. The van der Waals surface area contributed by atoms with E-state index in [1.54, 1.807) is 0 Å². The van der Waals surface area contributed by atoms with E-state index in [0.717, 1.165) is 31.0 Å². The molecule has 3 aromatic rings. The zero-order valence-corrected chi connectivity index (χ0v) is 15.0. The van der Waals surface area contributed by atoms with Crippen molar-refractivity contribution in [3.8, 4) is 5.69 Å². The van der Waals surface area contributed by atoms with Gasteiger partial charge in [0, 0.05) is 49.3 Å². The van der Waals surface area contributed by atoms with Crippen LogP contribution in [0.1, 0.15) is 35.8 Å². The number of likely N-dealkylation sites (tertiary alicyclic amines) is 1. The first-order chi connectivity index (χ1) is 12.2. The molecule has 1 aliphatic rings. The lowest BCUT2D eigenvalue weighted by Gasteiger charge is -2.32. The summed E-state index contributed by atoms with van der Waals surface area (Å²) in [6.07, 6.45) is 8.26. The second kappa shape index (κ2) is 6.84. The summed E-state index contributed by atoms with van der Waals surface area (Å²) in [6, 6.07) is 11.0. The number of nitrogens with zero attached hydrogens (tertiary/aromatic N) is 5. The van der Waals surface area contributed by atoms with Crippen molar-refractivity contribution in [1.82, 2.24) is 24.2 Å². The Morgan fingerprint density at radius 3 is 2.52 bits per heavy atom. The molecule has 0 spiro atoms. The highest BCUT2D eigenvalue weighted by Crippen LogP contribution is 2.25. The summed E-state index contributed by atoms with van der Waals surface area (Å²) in [5.74, 6) is 0. The molecule has 1 aromatic carbocycles. The van der Waals surface area contributed by atoms with E-state index in [1.807, 2.05) is 18.6 Å². The van der Waals surface area contributed by atoms with Gasteiger partial charge >= 0.3 is 0 Å². The van der Waals surface area contributed by atoms with Crippen LogP contribution in [0.4, 0.5) is 0 Å². The van der Waals surface area contributed by atoms with Gasteiger partial charge in [-0.05, 0) is 38.8 Å². The number of hydrogen-bond donors (Lipinski definition) is 0. The average molecular weight is 335 g/mol. The van der Waals surface area contributed by atoms with Crippen molar-refractivity contribution in [2.75, 3.05) is 13.1 Å². The molecule has 0 aliphatic carbocycles. The molecule has 0 saturated carbocycles. The van der Waals surface area contributed by atoms with Crippen LogP contribution >= 0.6 is 0 Å². The minimum Gasteiger partial charge on any atom is -0.334 e.